The molecule has 1 aromatic heterocycles. The molecule has 0 amide bonds. The molecule has 3 N–H and O–H groups in total. The molecule has 0 aliphatic carbocycles. The summed E-state index contributed by atoms with van der Waals surface area (Å²) in [7, 11) is -2.99. The van der Waals surface area contributed by atoms with Crippen molar-refractivity contribution in [2.24, 2.45) is 10.9 Å². The van der Waals surface area contributed by atoms with E-state index >= 15 is 0 Å². The molecule has 116 valence electrons. The van der Waals surface area contributed by atoms with Crippen LogP contribution in [0.3, 0.4) is 0 Å². The first-order valence-electron chi connectivity index (χ1n) is 6.75. The van der Waals surface area contributed by atoms with E-state index in [1.165, 1.54) is 0 Å². The molecule has 1 fully saturated rings. The molecule has 1 aliphatic rings. The molecule has 8 heteroatoms. The smallest absolute Gasteiger partial charge is 0.174 e. The van der Waals surface area contributed by atoms with Crippen molar-refractivity contribution >= 4 is 21.4 Å². The van der Waals surface area contributed by atoms with Crippen LogP contribution in [0.2, 0.25) is 0 Å². The molecule has 2 rings (SSSR count). The fraction of sp³-hybridized carbons (Fsp3) is 0.538. The van der Waals surface area contributed by atoms with E-state index in [2.05, 4.69) is 10.1 Å². The van der Waals surface area contributed by atoms with Crippen molar-refractivity contribution in [2.45, 2.75) is 20.3 Å². The quantitative estimate of drug-likeness (QED) is 0.354. The van der Waals surface area contributed by atoms with Gasteiger partial charge in [-0.25, -0.2) is 8.42 Å². The topological polar surface area (TPSA) is 109 Å². The predicted octanol–water partition coefficient (Wildman–Crippen LogP) is 0.418. The lowest BCUT2D eigenvalue weighted by Gasteiger charge is -2.25. The van der Waals surface area contributed by atoms with Crippen molar-refractivity contribution in [2.75, 3.05) is 29.5 Å². The van der Waals surface area contributed by atoms with Crippen LogP contribution in [0.15, 0.2) is 11.2 Å². The Morgan fingerprint density at radius 1 is 1.38 bits per heavy atom. The minimum atomic E-state index is -2.99. The lowest BCUT2D eigenvalue weighted by molar-refractivity contribution is 0.318. The van der Waals surface area contributed by atoms with Gasteiger partial charge in [-0.05, 0) is 26.3 Å². The number of oxime groups is 1. The van der Waals surface area contributed by atoms with Gasteiger partial charge in [0.1, 0.15) is 0 Å². The third kappa shape index (κ3) is 3.44. The number of rotatable bonds is 2. The molecule has 0 atom stereocenters. The number of nitrogens with two attached hydrogens (primary N) is 1. The summed E-state index contributed by atoms with van der Waals surface area (Å²) < 4.78 is 23.5. The maximum absolute atomic E-state index is 11.7. The summed E-state index contributed by atoms with van der Waals surface area (Å²) in [4.78, 5) is 6.31. The van der Waals surface area contributed by atoms with Gasteiger partial charge in [0.15, 0.2) is 15.7 Å². The molecular weight excluding hydrogens is 292 g/mol. The Morgan fingerprint density at radius 2 is 2.10 bits per heavy atom. The fourth-order valence-electron chi connectivity index (χ4n) is 2.60. The number of hydrogen-bond acceptors (Lipinski definition) is 6. The first-order valence-corrected chi connectivity index (χ1v) is 8.57. The predicted molar refractivity (Wildman–Crippen MR) is 81.7 cm³/mol. The maximum Gasteiger partial charge on any atom is 0.174 e. The minimum Gasteiger partial charge on any atom is -0.409 e. The van der Waals surface area contributed by atoms with Gasteiger partial charge in [-0.15, -0.1) is 0 Å². The molecular formula is C13H20N4O3S. The zero-order valence-electron chi connectivity index (χ0n) is 12.2. The van der Waals surface area contributed by atoms with Gasteiger partial charge in [0.25, 0.3) is 0 Å². The number of aryl methyl sites for hydroxylation is 2. The minimum absolute atomic E-state index is 0.0119. The lowest BCUT2D eigenvalue weighted by atomic mass is 10.1. The van der Waals surface area contributed by atoms with Crippen LogP contribution in [0.1, 0.15) is 23.4 Å². The van der Waals surface area contributed by atoms with Crippen molar-refractivity contribution in [1.29, 1.82) is 0 Å². The normalized spacial score (nSPS) is 19.3. The average molecular weight is 312 g/mol. The number of amidine groups is 1. The number of aromatic nitrogens is 1. The third-order valence-electron chi connectivity index (χ3n) is 3.57. The van der Waals surface area contributed by atoms with Crippen LogP contribution in [-0.4, -0.2) is 49.0 Å². The molecule has 1 aliphatic heterocycles. The van der Waals surface area contributed by atoms with Gasteiger partial charge in [-0.2, -0.15) is 0 Å². The molecule has 0 aromatic carbocycles. The summed E-state index contributed by atoms with van der Waals surface area (Å²) in [5, 5.41) is 12.0. The second-order valence-electron chi connectivity index (χ2n) is 5.22. The second-order valence-corrected chi connectivity index (χ2v) is 7.52. The number of nitrogens with zero attached hydrogens (tertiary/aromatic N) is 3. The number of anilines is 1. The molecule has 2 heterocycles. The van der Waals surface area contributed by atoms with E-state index in [9.17, 15) is 8.42 Å². The molecule has 0 unspecified atom stereocenters. The lowest BCUT2D eigenvalue weighted by Crippen LogP contribution is -2.30. The summed E-state index contributed by atoms with van der Waals surface area (Å²) in [5.74, 6) is 0.302. The first kappa shape index (κ1) is 15.6. The highest BCUT2D eigenvalue weighted by molar-refractivity contribution is 7.91. The van der Waals surface area contributed by atoms with Gasteiger partial charge in [-0.1, -0.05) is 5.16 Å². The van der Waals surface area contributed by atoms with Crippen LogP contribution >= 0.6 is 0 Å². The highest BCUT2D eigenvalue weighted by Crippen LogP contribution is 2.25. The Kier molecular flexibility index (Phi) is 4.36. The van der Waals surface area contributed by atoms with Crippen molar-refractivity contribution in [3.8, 4) is 0 Å². The summed E-state index contributed by atoms with van der Waals surface area (Å²) in [6, 6.07) is 1.85. The largest absolute Gasteiger partial charge is 0.409 e. The van der Waals surface area contributed by atoms with Gasteiger partial charge in [0, 0.05) is 18.8 Å². The van der Waals surface area contributed by atoms with Crippen molar-refractivity contribution in [3.63, 3.8) is 0 Å². The zero-order valence-corrected chi connectivity index (χ0v) is 13.0. The molecule has 0 saturated carbocycles. The van der Waals surface area contributed by atoms with Crippen LogP contribution in [0.5, 0.6) is 0 Å². The van der Waals surface area contributed by atoms with E-state index in [4.69, 9.17) is 10.9 Å². The van der Waals surface area contributed by atoms with Gasteiger partial charge in [-0.3, -0.25) is 4.98 Å². The summed E-state index contributed by atoms with van der Waals surface area (Å²) in [5.41, 5.74) is 8.56. The SMILES string of the molecule is Cc1cc(N2CCCS(=O)(=O)CC2)c(/C(N)=N/O)c(C)n1. The standard InChI is InChI=1S/C13H20N4O3S/c1-9-8-11(12(10(2)15-9)13(14)16-18)17-4-3-6-21(19,20)7-5-17/h8,18H,3-7H2,1-2H3,(H2,14,16). The van der Waals surface area contributed by atoms with E-state index in [0.29, 0.717) is 30.8 Å². The molecule has 1 aromatic rings. The maximum atomic E-state index is 11.7. The molecule has 7 nitrogen and oxygen atoms in total. The Balaban J connectivity index is 2.47. The van der Waals surface area contributed by atoms with Crippen LogP contribution in [0.25, 0.3) is 0 Å². The van der Waals surface area contributed by atoms with Crippen LogP contribution in [0, 0.1) is 13.8 Å². The highest BCUT2D eigenvalue weighted by atomic mass is 32.2. The van der Waals surface area contributed by atoms with Crippen LogP contribution in [0.4, 0.5) is 5.69 Å². The van der Waals surface area contributed by atoms with E-state index < -0.39 is 9.84 Å². The number of pyridine rings is 1. The van der Waals surface area contributed by atoms with Gasteiger partial charge < -0.3 is 15.8 Å². The summed E-state index contributed by atoms with van der Waals surface area (Å²) >= 11 is 0. The Bertz CT molecular complexity index is 670. The molecule has 0 radical (unpaired) electrons. The van der Waals surface area contributed by atoms with Crippen molar-refractivity contribution in [1.82, 2.24) is 4.98 Å². The van der Waals surface area contributed by atoms with Gasteiger partial charge in [0.05, 0.1) is 28.5 Å². The van der Waals surface area contributed by atoms with E-state index in [0.717, 1.165) is 11.4 Å². The Hall–Kier alpha value is -1.83. The zero-order chi connectivity index (χ0) is 15.6. The third-order valence-corrected chi connectivity index (χ3v) is 5.28. The van der Waals surface area contributed by atoms with E-state index in [1.807, 2.05) is 17.9 Å². The van der Waals surface area contributed by atoms with E-state index in [-0.39, 0.29) is 17.3 Å². The number of hydrogen-bond donors (Lipinski definition) is 2. The fourth-order valence-corrected chi connectivity index (χ4v) is 3.88. The average Bonchev–Trinajstić information content (AvgIpc) is 2.58. The van der Waals surface area contributed by atoms with Crippen molar-refractivity contribution < 1.29 is 13.6 Å². The van der Waals surface area contributed by atoms with Gasteiger partial charge >= 0.3 is 0 Å². The van der Waals surface area contributed by atoms with Crippen LogP contribution < -0.4 is 10.6 Å². The Labute approximate surface area is 124 Å². The Morgan fingerprint density at radius 3 is 2.76 bits per heavy atom. The molecule has 0 bridgehead atoms. The second kappa shape index (κ2) is 5.88. The molecule has 21 heavy (non-hydrogen) atoms. The first-order chi connectivity index (χ1) is 9.84. The molecule has 1 saturated heterocycles. The summed E-state index contributed by atoms with van der Waals surface area (Å²) in [6.45, 7) is 4.67. The van der Waals surface area contributed by atoms with Crippen LogP contribution in [-0.2, 0) is 9.84 Å². The monoisotopic (exact) mass is 312 g/mol. The number of sulfone groups is 1. The highest BCUT2D eigenvalue weighted by Gasteiger charge is 2.23. The van der Waals surface area contributed by atoms with E-state index in [1.54, 1.807) is 6.92 Å². The van der Waals surface area contributed by atoms with Crippen molar-refractivity contribution in [3.05, 3.63) is 23.0 Å². The summed E-state index contributed by atoms with van der Waals surface area (Å²) in [6.07, 6.45) is 0.568. The molecule has 0 spiro atoms. The van der Waals surface area contributed by atoms with Gasteiger partial charge in [0.2, 0.25) is 0 Å².